The number of rotatable bonds is 19. The Balaban J connectivity index is 0.000000216. The fourth-order valence-electron chi connectivity index (χ4n) is 11.3. The number of carboxylic acids is 1. The molecule has 0 aliphatic carbocycles. The number of fused-ring (bicyclic) bond motifs is 6. The number of aryl methyl sites for hydroxylation is 5. The van der Waals surface area contributed by atoms with E-state index < -0.39 is 69.6 Å². The number of hydrogen-bond donors (Lipinski definition) is 4. The molecule has 2 radical (unpaired) electrons. The second-order valence-electron chi connectivity index (χ2n) is 27.0. The Kier molecular flexibility index (Phi) is 37.5. The maximum Gasteiger partial charge on any atom is 0.348 e. The quantitative estimate of drug-likeness (QED) is 0.00853. The molecule has 0 bridgehead atoms. The Bertz CT molecular complexity index is 6760. The van der Waals surface area contributed by atoms with Crippen molar-refractivity contribution in [2.24, 2.45) is 0 Å². The summed E-state index contributed by atoms with van der Waals surface area (Å²) in [7, 11) is 6.90. The second-order valence-corrected chi connectivity index (χ2v) is 27.0. The van der Waals surface area contributed by atoms with Crippen molar-refractivity contribution in [3.63, 3.8) is 0 Å². The number of aromatic carboxylic acids is 1. The van der Waals surface area contributed by atoms with E-state index in [0.717, 1.165) is 51.7 Å². The van der Waals surface area contributed by atoms with Gasteiger partial charge < -0.3 is 64.5 Å². The number of nitrogen functional groups attached to an aromatic ring is 2. The van der Waals surface area contributed by atoms with E-state index in [1.807, 2.05) is 71.0 Å². The molecule has 0 unspecified atom stereocenters. The van der Waals surface area contributed by atoms with Crippen LogP contribution in [0.15, 0.2) is 245 Å². The first-order valence-corrected chi connectivity index (χ1v) is 39.1. The standard InChI is InChI=1S/C26H19FN4O4.C16H13FN2O2.2C12H12N2O3.C10H8N2O3.C10H16O5.C6H8N2.BH.U/c1-15-3-8-24-29-13-19(26(33)31(24)14-15)25(32)30-16-4-7-23(20(27)11-16)35-22-9-10-28-21-12-17(34-2)5-6-18(21)22;1-20-11-3-4-12-14(9-11)19-7-6-15(12)21-16-5-2-10(18)8-13(16)17;2*1-3-17-12(16)9-6-13-10-5-4-8(2)7-14(10)11(9)15;1-6-2-3-8-11-4-7(10(14)15)9(13)12(8)5-6;1-4-13-7-8(9(11)14-5-2)10(12)15-6-3;1-5-2-3-6(7)8-4-5;;/h3-14H,1-2H3,(H,30,32);2-9H,18H2,1H3;2*4-7H,3H2,1-2H3;2-5H,1H3,(H,14,15);7H,4-6H2,1-3H3;2-4H,1H3,(H2,7,8);1H;/i;;;;;;;1D;. The number of nitrogens with two attached hydrogens (primary N) is 2. The predicted molar refractivity (Wildman–Crippen MR) is 479 cm³/mol. The van der Waals surface area contributed by atoms with Crippen molar-refractivity contribution in [2.45, 2.75) is 69.2 Å². The maximum absolute atomic E-state index is 14.8. The molecule has 668 valence electrons. The van der Waals surface area contributed by atoms with E-state index in [-0.39, 0.29) is 103 Å². The molecule has 0 atom stereocenters. The van der Waals surface area contributed by atoms with Crippen molar-refractivity contribution in [2.75, 3.05) is 64.0 Å². The number of ether oxygens (including phenoxy) is 9. The van der Waals surface area contributed by atoms with Crippen LogP contribution in [0.4, 0.5) is 26.0 Å². The number of amides is 1. The van der Waals surface area contributed by atoms with E-state index in [0.29, 0.717) is 80.1 Å². The second kappa shape index (κ2) is 48.8. The molecule has 0 saturated heterocycles. The summed E-state index contributed by atoms with van der Waals surface area (Å²) >= 11 is 0. The third-order valence-corrected chi connectivity index (χ3v) is 17.6. The number of nitrogens with zero attached hydrogens (tertiary/aromatic N) is 11. The number of halogens is 2. The number of esters is 4. The van der Waals surface area contributed by atoms with Crippen molar-refractivity contribution in [1.29, 1.82) is 1.34 Å². The molecule has 0 aliphatic rings. The summed E-state index contributed by atoms with van der Waals surface area (Å²) in [5, 5.41) is 12.7. The van der Waals surface area contributed by atoms with Crippen molar-refractivity contribution >= 4 is 106 Å². The van der Waals surface area contributed by atoms with Gasteiger partial charge in [-0.2, -0.15) is 0 Å². The number of carboxylic acid groups (broad SMARTS) is 1. The van der Waals surface area contributed by atoms with Crippen LogP contribution in [0.3, 0.4) is 0 Å². The van der Waals surface area contributed by atoms with E-state index in [1.165, 1.54) is 60.5 Å². The van der Waals surface area contributed by atoms with Crippen LogP contribution in [0.25, 0.3) is 44.4 Å². The van der Waals surface area contributed by atoms with Gasteiger partial charge in [0.25, 0.3) is 28.1 Å². The largest absolute Gasteiger partial charge is 0.500 e. The van der Waals surface area contributed by atoms with Gasteiger partial charge in [-0.15, -0.1) is 0 Å². The molecular weight excluding hydrogens is 1910 g/mol. The monoisotopic (exact) mass is 2000 g/mol. The van der Waals surface area contributed by atoms with Crippen LogP contribution >= 0.6 is 0 Å². The summed E-state index contributed by atoms with van der Waals surface area (Å²) in [6, 6.07) is 40.2. The molecule has 15 rings (SSSR count). The van der Waals surface area contributed by atoms with Gasteiger partial charge in [-0.3, -0.25) is 51.5 Å². The first kappa shape index (κ1) is 99.8. The normalized spacial score (nSPS) is 10.2. The van der Waals surface area contributed by atoms with E-state index in [4.69, 9.17) is 51.1 Å². The number of nitrogens with one attached hydrogen (secondary N) is 1. The molecule has 34 nitrogen and oxygen atoms in total. The van der Waals surface area contributed by atoms with Crippen molar-refractivity contribution in [3.8, 4) is 34.5 Å². The Morgan fingerprint density at radius 3 is 1.19 bits per heavy atom. The van der Waals surface area contributed by atoms with Crippen LogP contribution in [0, 0.1) is 77.4 Å². The molecule has 6 N–H and O–H groups in total. The first-order chi connectivity index (χ1) is 62.4. The Morgan fingerprint density at radius 1 is 0.438 bits per heavy atom. The van der Waals surface area contributed by atoms with Gasteiger partial charge in [0, 0.05) is 154 Å². The molecule has 0 saturated carbocycles. The van der Waals surface area contributed by atoms with Crippen LogP contribution < -0.4 is 58.0 Å². The third-order valence-electron chi connectivity index (χ3n) is 17.6. The topological polar surface area (TPSA) is 446 Å². The van der Waals surface area contributed by atoms with Crippen LogP contribution in [0.2, 0.25) is 0 Å². The molecule has 0 spiro atoms. The van der Waals surface area contributed by atoms with Crippen LogP contribution in [-0.2, 0) is 33.3 Å². The van der Waals surface area contributed by atoms with Crippen LogP contribution in [0.5, 0.6) is 34.5 Å². The zero-order valence-electron chi connectivity index (χ0n) is 73.4. The van der Waals surface area contributed by atoms with Gasteiger partial charge in [0.15, 0.2) is 28.7 Å². The zero-order chi connectivity index (χ0) is 94.8. The Labute approximate surface area is 767 Å². The predicted octanol–water partition coefficient (Wildman–Crippen LogP) is 12.9. The van der Waals surface area contributed by atoms with Crippen LogP contribution in [-0.4, -0.2) is 150 Å². The summed E-state index contributed by atoms with van der Waals surface area (Å²) in [6.45, 7) is 19.0. The third kappa shape index (κ3) is 27.2. The van der Waals surface area contributed by atoms with Crippen LogP contribution in [0.1, 0.15) is 104 Å². The van der Waals surface area contributed by atoms with Gasteiger partial charge in [-0.1, -0.05) is 30.3 Å². The average molecular weight is 2000 g/mol. The number of anilines is 3. The fourth-order valence-corrected chi connectivity index (χ4v) is 11.3. The minimum Gasteiger partial charge on any atom is -0.500 e. The van der Waals surface area contributed by atoms with E-state index in [2.05, 4.69) is 58.1 Å². The number of carbonyl (C=O) groups excluding carboxylic acids is 5. The van der Waals surface area contributed by atoms with Crippen molar-refractivity contribution in [3.05, 3.63) is 329 Å². The molecule has 0 fully saturated rings. The summed E-state index contributed by atoms with van der Waals surface area (Å²) in [6.07, 6.45) is 17.2. The smallest absolute Gasteiger partial charge is 0.348 e. The van der Waals surface area contributed by atoms with Gasteiger partial charge in [0.1, 0.15) is 79.9 Å². The number of aromatic nitrogens is 11. The molecule has 4 aromatic carbocycles. The number of hydrogen-bond acceptors (Lipinski definition) is 28. The number of benzene rings is 4. The van der Waals surface area contributed by atoms with Gasteiger partial charge in [-0.25, -0.2) is 57.7 Å². The molecule has 38 heteroatoms. The first-order valence-electron chi connectivity index (χ1n) is 39.7. The molecule has 15 aromatic rings. The Morgan fingerprint density at radius 2 is 0.823 bits per heavy atom. The minimum atomic E-state index is -1.26. The fraction of sp³-hybridized carbons (Fsp3) is 0.185. The van der Waals surface area contributed by atoms with Gasteiger partial charge in [0.2, 0.25) is 0 Å². The van der Waals surface area contributed by atoms with Crippen molar-refractivity contribution in [1.82, 2.24) is 52.5 Å². The molecule has 1 amide bonds. The number of methoxy groups -OCH3 is 2. The molecule has 130 heavy (non-hydrogen) atoms. The number of carbonyl (C=O) groups is 6. The summed E-state index contributed by atoms with van der Waals surface area (Å²) in [4.78, 5) is 146. The molecule has 11 heterocycles. The summed E-state index contributed by atoms with van der Waals surface area (Å²) < 4.78 is 84.8. The SMILES string of the molecule is CCOC(=O)c1cnc2ccc(C)cn2c1=O.CCOC(=O)c1cnc2ccc(C)cn2c1=O.CCOC=C(C(=O)OCC)C(=O)OCC.COc1ccc2c(Oc3ccc(N)cc3F)ccnc2c1.COc1ccc2c(Oc3ccc(NC(=O)c4cnc5ccc(C)cn5c4=O)cc3F)ccnc2c1.Cc1ccc(N)nc1.Cc1ccc2ncc(C(=O)O)c(=O)n2c1.[2H][B].[U]. The molecule has 11 aromatic heterocycles. The van der Waals surface area contributed by atoms with Gasteiger partial charge in [-0.05, 0) is 189 Å². The van der Waals surface area contributed by atoms with Crippen molar-refractivity contribution < 1.29 is 116 Å². The van der Waals surface area contributed by atoms with E-state index in [1.54, 1.807) is 171 Å². The van der Waals surface area contributed by atoms with E-state index >= 15 is 0 Å². The number of pyridine rings is 7. The Hall–Kier alpha value is -15.6. The minimum absolute atomic E-state index is 0. The zero-order valence-corrected chi connectivity index (χ0v) is 76.6. The van der Waals surface area contributed by atoms with Gasteiger partial charge in [0.05, 0.1) is 58.3 Å². The molecule has 0 aliphatic heterocycles. The average Bonchev–Trinajstić information content (AvgIpc) is 0.798. The summed E-state index contributed by atoms with van der Waals surface area (Å²) in [5.41, 5.74) is 16.6. The van der Waals surface area contributed by atoms with Gasteiger partial charge >= 0.3 is 29.8 Å². The summed E-state index contributed by atoms with van der Waals surface area (Å²) in [5.74, 6) is -2.95. The maximum atomic E-state index is 14.8. The molecular formula is C92H89BF2N14O20U. The van der Waals surface area contributed by atoms with E-state index in [9.17, 15) is 56.7 Å².